The lowest BCUT2D eigenvalue weighted by atomic mass is 9.95. The minimum atomic E-state index is 0.759. The van der Waals surface area contributed by atoms with E-state index < -0.39 is 0 Å². The van der Waals surface area contributed by atoms with Crippen LogP contribution in [-0.2, 0) is 0 Å². The molecule has 0 unspecified atom stereocenters. The van der Waals surface area contributed by atoms with Crippen molar-refractivity contribution in [1.82, 2.24) is 9.55 Å². The van der Waals surface area contributed by atoms with E-state index in [0.717, 1.165) is 39.2 Å². The summed E-state index contributed by atoms with van der Waals surface area (Å²) in [6.07, 6.45) is 3.68. The first-order valence-electron chi connectivity index (χ1n) is 10.9. The van der Waals surface area contributed by atoms with E-state index in [9.17, 15) is 0 Å². The van der Waals surface area contributed by atoms with Crippen molar-refractivity contribution in [1.29, 1.82) is 0 Å². The third kappa shape index (κ3) is 3.37. The summed E-state index contributed by atoms with van der Waals surface area (Å²) in [6.45, 7) is 0. The van der Waals surface area contributed by atoms with E-state index in [0.29, 0.717) is 0 Å². The SMILES string of the molecule is [B]c1ccc2c3ccccc3n(-c3ccc(N(c4ccccc4)c4cccnc4)cc3)c2c1. The van der Waals surface area contributed by atoms with Gasteiger partial charge >= 0.3 is 0 Å². The third-order valence-electron chi connectivity index (χ3n) is 5.98. The highest BCUT2D eigenvalue weighted by Gasteiger charge is 2.15. The molecule has 4 heteroatoms. The first-order valence-corrected chi connectivity index (χ1v) is 10.9. The third-order valence-corrected chi connectivity index (χ3v) is 5.98. The minimum absolute atomic E-state index is 0.759. The summed E-state index contributed by atoms with van der Waals surface area (Å²) in [6, 6.07) is 37.6. The number of fused-ring (bicyclic) bond motifs is 3. The maximum Gasteiger partial charge on any atom is 0.113 e. The number of aromatic nitrogens is 2. The minimum Gasteiger partial charge on any atom is -0.309 e. The molecular formula is C29H20BN3. The van der Waals surface area contributed by atoms with Gasteiger partial charge in [0.05, 0.1) is 22.9 Å². The topological polar surface area (TPSA) is 21.1 Å². The Morgan fingerprint density at radius 3 is 2.09 bits per heavy atom. The van der Waals surface area contributed by atoms with E-state index in [4.69, 9.17) is 7.85 Å². The first kappa shape index (κ1) is 19.4. The van der Waals surface area contributed by atoms with Crippen LogP contribution in [0.4, 0.5) is 17.1 Å². The molecule has 0 atom stereocenters. The average molecular weight is 421 g/mol. The Hall–Kier alpha value is -4.31. The number of rotatable bonds is 4. The maximum absolute atomic E-state index is 6.16. The molecule has 2 heterocycles. The van der Waals surface area contributed by atoms with E-state index in [2.05, 4.69) is 105 Å². The van der Waals surface area contributed by atoms with Crippen LogP contribution in [-0.4, -0.2) is 17.4 Å². The smallest absolute Gasteiger partial charge is 0.113 e. The zero-order valence-corrected chi connectivity index (χ0v) is 18.0. The van der Waals surface area contributed by atoms with Gasteiger partial charge in [-0.15, -0.1) is 0 Å². The summed E-state index contributed by atoms with van der Waals surface area (Å²) in [7, 11) is 6.16. The standard InChI is InChI=1S/C29H20BN3/c30-21-12-17-27-26-10-4-5-11-28(26)33(29(27)19-21)24-15-13-23(14-16-24)32(22-7-2-1-3-8-22)25-9-6-18-31-20-25/h1-20H. The molecule has 2 radical (unpaired) electrons. The molecular weight excluding hydrogens is 401 g/mol. The summed E-state index contributed by atoms with van der Waals surface area (Å²) >= 11 is 0. The second-order valence-corrected chi connectivity index (χ2v) is 8.03. The molecule has 0 aliphatic heterocycles. The van der Waals surface area contributed by atoms with Crippen molar-refractivity contribution < 1.29 is 0 Å². The van der Waals surface area contributed by atoms with E-state index in [1.165, 1.54) is 10.8 Å². The molecule has 6 aromatic rings. The summed E-state index contributed by atoms with van der Waals surface area (Å²) < 4.78 is 2.28. The van der Waals surface area contributed by atoms with Crippen LogP contribution in [0, 0.1) is 0 Å². The van der Waals surface area contributed by atoms with Crippen LogP contribution in [0.25, 0.3) is 27.5 Å². The van der Waals surface area contributed by atoms with Crippen molar-refractivity contribution in [3.05, 3.63) is 122 Å². The molecule has 0 fully saturated rings. The Labute approximate surface area is 194 Å². The lowest BCUT2D eigenvalue weighted by Gasteiger charge is -2.25. The molecule has 0 saturated carbocycles. The summed E-state index contributed by atoms with van der Waals surface area (Å²) in [5.41, 5.74) is 7.29. The van der Waals surface area contributed by atoms with Gasteiger partial charge in [0.1, 0.15) is 7.85 Å². The molecule has 0 saturated heterocycles. The zero-order valence-electron chi connectivity index (χ0n) is 18.0. The monoisotopic (exact) mass is 421 g/mol. The summed E-state index contributed by atoms with van der Waals surface area (Å²) in [5, 5.41) is 2.42. The normalized spacial score (nSPS) is 11.2. The number of nitrogens with zero attached hydrogens (tertiary/aromatic N) is 3. The van der Waals surface area contributed by atoms with Crippen molar-refractivity contribution >= 4 is 52.2 Å². The van der Waals surface area contributed by atoms with Crippen LogP contribution in [0.3, 0.4) is 0 Å². The van der Waals surface area contributed by atoms with Gasteiger partial charge in [-0.05, 0) is 60.7 Å². The van der Waals surface area contributed by atoms with Crippen LogP contribution in [0.1, 0.15) is 0 Å². The Balaban J connectivity index is 1.51. The van der Waals surface area contributed by atoms with Gasteiger partial charge in [0.2, 0.25) is 0 Å². The highest BCUT2D eigenvalue weighted by Crippen LogP contribution is 2.36. The molecule has 154 valence electrons. The van der Waals surface area contributed by atoms with Crippen molar-refractivity contribution in [3.8, 4) is 5.69 Å². The Morgan fingerprint density at radius 2 is 1.30 bits per heavy atom. The summed E-state index contributed by atoms with van der Waals surface area (Å²) in [5.74, 6) is 0. The van der Waals surface area contributed by atoms with Crippen LogP contribution in [0.2, 0.25) is 0 Å². The predicted octanol–water partition coefficient (Wildman–Crippen LogP) is 6.44. The Bertz CT molecular complexity index is 1520. The number of anilines is 3. The molecule has 0 aliphatic carbocycles. The van der Waals surface area contributed by atoms with Gasteiger partial charge in [-0.25, -0.2) is 0 Å². The fourth-order valence-corrected chi connectivity index (χ4v) is 4.53. The number of para-hydroxylation sites is 2. The molecule has 0 amide bonds. The van der Waals surface area contributed by atoms with Crippen molar-refractivity contribution in [2.45, 2.75) is 0 Å². The van der Waals surface area contributed by atoms with Crippen LogP contribution in [0.5, 0.6) is 0 Å². The zero-order chi connectivity index (χ0) is 22.2. The van der Waals surface area contributed by atoms with E-state index >= 15 is 0 Å². The average Bonchev–Trinajstić information content (AvgIpc) is 3.19. The van der Waals surface area contributed by atoms with E-state index in [1.807, 2.05) is 24.4 Å². The summed E-state index contributed by atoms with van der Waals surface area (Å²) in [4.78, 5) is 6.54. The maximum atomic E-state index is 6.16. The molecule has 0 N–H and O–H groups in total. The second kappa shape index (κ2) is 7.99. The predicted molar refractivity (Wildman–Crippen MR) is 139 cm³/mol. The molecule has 3 nitrogen and oxygen atoms in total. The molecule has 2 aromatic heterocycles. The highest BCUT2D eigenvalue weighted by atomic mass is 15.1. The van der Waals surface area contributed by atoms with Gasteiger partial charge in [0.25, 0.3) is 0 Å². The molecule has 6 rings (SSSR count). The lowest BCUT2D eigenvalue weighted by molar-refractivity contribution is 1.17. The van der Waals surface area contributed by atoms with Gasteiger partial charge in [0, 0.05) is 34.0 Å². The van der Waals surface area contributed by atoms with Crippen molar-refractivity contribution in [2.24, 2.45) is 0 Å². The fourth-order valence-electron chi connectivity index (χ4n) is 4.53. The second-order valence-electron chi connectivity index (χ2n) is 8.03. The van der Waals surface area contributed by atoms with Gasteiger partial charge in [0.15, 0.2) is 0 Å². The van der Waals surface area contributed by atoms with Crippen LogP contribution < -0.4 is 10.4 Å². The Kier molecular flexibility index (Phi) is 4.69. The number of hydrogen-bond acceptors (Lipinski definition) is 2. The molecule has 0 bridgehead atoms. The van der Waals surface area contributed by atoms with Gasteiger partial charge in [-0.1, -0.05) is 54.0 Å². The largest absolute Gasteiger partial charge is 0.309 e. The molecule has 0 spiro atoms. The van der Waals surface area contributed by atoms with E-state index in [-0.39, 0.29) is 0 Å². The van der Waals surface area contributed by atoms with Gasteiger partial charge in [-0.3, -0.25) is 4.98 Å². The van der Waals surface area contributed by atoms with Crippen molar-refractivity contribution in [3.63, 3.8) is 0 Å². The van der Waals surface area contributed by atoms with Crippen LogP contribution in [0.15, 0.2) is 122 Å². The number of benzene rings is 4. The van der Waals surface area contributed by atoms with Gasteiger partial charge in [-0.2, -0.15) is 0 Å². The molecule has 0 aliphatic rings. The quantitative estimate of drug-likeness (QED) is 0.306. The first-order chi connectivity index (χ1) is 16.3. The van der Waals surface area contributed by atoms with Crippen molar-refractivity contribution in [2.75, 3.05) is 4.90 Å². The Morgan fingerprint density at radius 1 is 0.606 bits per heavy atom. The molecule has 4 aromatic carbocycles. The highest BCUT2D eigenvalue weighted by molar-refractivity contribution is 6.33. The van der Waals surface area contributed by atoms with E-state index in [1.54, 1.807) is 6.20 Å². The van der Waals surface area contributed by atoms with Gasteiger partial charge < -0.3 is 9.47 Å². The molecule has 33 heavy (non-hydrogen) atoms. The number of pyridine rings is 1. The number of hydrogen-bond donors (Lipinski definition) is 0. The fraction of sp³-hybridized carbons (Fsp3) is 0. The lowest BCUT2D eigenvalue weighted by Crippen LogP contribution is -2.10. The van der Waals surface area contributed by atoms with Crippen LogP contribution >= 0.6 is 0 Å².